The van der Waals surface area contributed by atoms with E-state index in [9.17, 15) is 14.4 Å². The molecule has 0 saturated heterocycles. The molecule has 1 aromatic carbocycles. The van der Waals surface area contributed by atoms with Crippen LogP contribution in [-0.2, 0) is 14.3 Å². The molecule has 2 atom stereocenters. The van der Waals surface area contributed by atoms with Gasteiger partial charge in [0.25, 0.3) is 0 Å². The molecule has 0 aromatic heterocycles. The maximum absolute atomic E-state index is 13.3. The van der Waals surface area contributed by atoms with Crippen molar-refractivity contribution in [1.82, 2.24) is 15.5 Å². The van der Waals surface area contributed by atoms with E-state index in [1.165, 1.54) is 4.90 Å². The summed E-state index contributed by atoms with van der Waals surface area (Å²) < 4.78 is 5.21. The van der Waals surface area contributed by atoms with Crippen molar-refractivity contribution in [2.24, 2.45) is 0 Å². The molecule has 2 unspecified atom stereocenters. The van der Waals surface area contributed by atoms with Crippen LogP contribution in [0.5, 0.6) is 0 Å². The normalized spacial score (nSPS) is 13.2. The molecule has 0 heterocycles. The largest absolute Gasteiger partial charge is 0.444 e. The zero-order chi connectivity index (χ0) is 23.8. The van der Waals surface area contributed by atoms with Crippen molar-refractivity contribution in [2.45, 2.75) is 85.9 Å². The molecule has 0 radical (unpaired) electrons. The molecule has 0 bridgehead atoms. The van der Waals surface area contributed by atoms with Crippen LogP contribution in [0.4, 0.5) is 4.79 Å². The zero-order valence-corrected chi connectivity index (χ0v) is 20.3. The monoisotopic (exact) mass is 433 g/mol. The van der Waals surface area contributed by atoms with Crippen molar-refractivity contribution in [1.29, 1.82) is 0 Å². The Labute approximate surface area is 186 Å². The summed E-state index contributed by atoms with van der Waals surface area (Å²) in [5.41, 5.74) is 2.04. The van der Waals surface area contributed by atoms with E-state index in [1.807, 2.05) is 45.9 Å². The van der Waals surface area contributed by atoms with Crippen LogP contribution >= 0.6 is 0 Å². The van der Waals surface area contributed by atoms with Gasteiger partial charge >= 0.3 is 6.09 Å². The summed E-state index contributed by atoms with van der Waals surface area (Å²) in [6.07, 6.45) is 1.14. The summed E-state index contributed by atoms with van der Waals surface area (Å²) in [5, 5.41) is 5.56. The van der Waals surface area contributed by atoms with Crippen LogP contribution in [0.15, 0.2) is 18.2 Å². The molecule has 7 heteroatoms. The van der Waals surface area contributed by atoms with E-state index < -0.39 is 17.7 Å². The van der Waals surface area contributed by atoms with Gasteiger partial charge in [0.2, 0.25) is 11.8 Å². The van der Waals surface area contributed by atoms with Gasteiger partial charge < -0.3 is 20.3 Å². The van der Waals surface area contributed by atoms with Gasteiger partial charge in [-0.05, 0) is 71.6 Å². The van der Waals surface area contributed by atoms with Gasteiger partial charge in [-0.15, -0.1) is 0 Å². The molecule has 0 fully saturated rings. The lowest BCUT2D eigenvalue weighted by atomic mass is 9.93. The van der Waals surface area contributed by atoms with Crippen molar-refractivity contribution < 1.29 is 19.1 Å². The first-order valence-corrected chi connectivity index (χ1v) is 11.0. The van der Waals surface area contributed by atoms with E-state index >= 15 is 0 Å². The Balaban J connectivity index is 3.18. The summed E-state index contributed by atoms with van der Waals surface area (Å²) in [5.74, 6) is -0.565. The molecule has 7 nitrogen and oxygen atoms in total. The fourth-order valence-electron chi connectivity index (χ4n) is 3.58. The van der Waals surface area contributed by atoms with Gasteiger partial charge in [-0.3, -0.25) is 9.59 Å². The third kappa shape index (κ3) is 8.23. The van der Waals surface area contributed by atoms with Crippen molar-refractivity contribution in [3.8, 4) is 0 Å². The summed E-state index contributed by atoms with van der Waals surface area (Å²) in [7, 11) is 0. The second-order valence-electron chi connectivity index (χ2n) is 8.94. The van der Waals surface area contributed by atoms with Gasteiger partial charge in [-0.1, -0.05) is 31.5 Å². The Morgan fingerprint density at radius 3 is 2.16 bits per heavy atom. The minimum absolute atomic E-state index is 0.00183. The molecule has 31 heavy (non-hydrogen) atoms. The summed E-state index contributed by atoms with van der Waals surface area (Å²) in [4.78, 5) is 39.9. The first kappa shape index (κ1) is 26.5. The highest BCUT2D eigenvalue weighted by atomic mass is 16.6. The number of hydrogen-bond acceptors (Lipinski definition) is 4. The molecule has 2 N–H and O–H groups in total. The third-order valence-corrected chi connectivity index (χ3v) is 4.93. The number of ether oxygens (including phenoxy) is 1. The topological polar surface area (TPSA) is 87.7 Å². The highest BCUT2D eigenvalue weighted by Gasteiger charge is 2.33. The number of aryl methyl sites for hydroxylation is 2. The van der Waals surface area contributed by atoms with Crippen LogP contribution in [0.2, 0.25) is 0 Å². The molecule has 3 amide bonds. The lowest BCUT2D eigenvalue weighted by Gasteiger charge is -2.33. The van der Waals surface area contributed by atoms with Gasteiger partial charge in [-0.2, -0.15) is 0 Å². The van der Waals surface area contributed by atoms with Crippen molar-refractivity contribution in [3.05, 3.63) is 34.9 Å². The Hall–Kier alpha value is -2.57. The number of hydrogen-bond donors (Lipinski definition) is 2. The average Bonchev–Trinajstić information content (AvgIpc) is 2.64. The predicted octanol–water partition coefficient (Wildman–Crippen LogP) is 4.02. The zero-order valence-electron chi connectivity index (χ0n) is 20.3. The van der Waals surface area contributed by atoms with Gasteiger partial charge in [0, 0.05) is 12.6 Å². The molecule has 0 aliphatic carbocycles. The van der Waals surface area contributed by atoms with Crippen molar-refractivity contribution >= 4 is 17.9 Å². The molecule has 0 aliphatic rings. The molecule has 0 aliphatic heterocycles. The van der Waals surface area contributed by atoms with E-state index in [4.69, 9.17) is 4.74 Å². The smallest absolute Gasteiger partial charge is 0.408 e. The molecule has 1 rings (SSSR count). The third-order valence-electron chi connectivity index (χ3n) is 4.93. The molecular weight excluding hydrogens is 394 g/mol. The highest BCUT2D eigenvalue weighted by Crippen LogP contribution is 2.28. The summed E-state index contributed by atoms with van der Waals surface area (Å²) in [6.45, 7) is 15.1. The molecule has 1 aromatic rings. The molecule has 0 saturated carbocycles. The summed E-state index contributed by atoms with van der Waals surface area (Å²) in [6, 6.07) is 5.03. The van der Waals surface area contributed by atoms with Gasteiger partial charge in [0.1, 0.15) is 18.2 Å². The Morgan fingerprint density at radius 1 is 1.10 bits per heavy atom. The standard InChI is InChI=1S/C24H39N3O4/c1-9-12-18(5)26-22(29)21(20-16(3)13-11-14-17(20)4)27(10-2)19(28)15-25-23(30)31-24(6,7)8/h11,13-14,18,21H,9-10,12,15H2,1-8H3,(H,25,30)(H,26,29). The fourth-order valence-corrected chi connectivity index (χ4v) is 3.58. The van der Waals surface area contributed by atoms with Crippen molar-refractivity contribution in [3.63, 3.8) is 0 Å². The number of benzene rings is 1. The van der Waals surface area contributed by atoms with Crippen LogP contribution < -0.4 is 10.6 Å². The van der Waals surface area contributed by atoms with Crippen molar-refractivity contribution in [2.75, 3.05) is 13.1 Å². The van der Waals surface area contributed by atoms with Gasteiger partial charge in [-0.25, -0.2) is 4.79 Å². The lowest BCUT2D eigenvalue weighted by Crippen LogP contribution is -2.49. The number of likely N-dealkylation sites (N-methyl/N-ethyl adjacent to an activating group) is 1. The first-order valence-electron chi connectivity index (χ1n) is 11.0. The van der Waals surface area contributed by atoms with E-state index in [1.54, 1.807) is 20.8 Å². The number of nitrogens with one attached hydrogen (secondary N) is 2. The SMILES string of the molecule is CCCC(C)NC(=O)C(c1c(C)cccc1C)N(CC)C(=O)CNC(=O)OC(C)(C)C. The van der Waals surface area contributed by atoms with Gasteiger partial charge in [0.05, 0.1) is 0 Å². The molecule has 174 valence electrons. The average molecular weight is 434 g/mol. The second kappa shape index (κ2) is 11.7. The number of carbonyl (C=O) groups excluding carboxylic acids is 3. The summed E-state index contributed by atoms with van der Waals surface area (Å²) >= 11 is 0. The predicted molar refractivity (Wildman–Crippen MR) is 123 cm³/mol. The van der Waals surface area contributed by atoms with E-state index in [0.29, 0.717) is 6.54 Å². The van der Waals surface area contributed by atoms with Crippen LogP contribution in [0, 0.1) is 13.8 Å². The number of nitrogens with zero attached hydrogens (tertiary/aromatic N) is 1. The number of rotatable bonds is 9. The Kier molecular flexibility index (Phi) is 10.0. The second-order valence-corrected chi connectivity index (χ2v) is 8.94. The van der Waals surface area contributed by atoms with Crippen LogP contribution in [0.25, 0.3) is 0 Å². The maximum Gasteiger partial charge on any atom is 0.408 e. The number of carbonyl (C=O) groups is 3. The first-order chi connectivity index (χ1) is 14.4. The maximum atomic E-state index is 13.3. The van der Waals surface area contributed by atoms with Gasteiger partial charge in [0.15, 0.2) is 0 Å². The lowest BCUT2D eigenvalue weighted by molar-refractivity contribution is -0.140. The minimum Gasteiger partial charge on any atom is -0.444 e. The highest BCUT2D eigenvalue weighted by molar-refractivity contribution is 5.91. The van der Waals surface area contributed by atoms with Crippen LogP contribution in [0.3, 0.4) is 0 Å². The molecular formula is C24H39N3O4. The quantitative estimate of drug-likeness (QED) is 0.616. The number of amides is 3. The van der Waals surface area contributed by atoms with Crippen LogP contribution in [0.1, 0.15) is 77.1 Å². The van der Waals surface area contributed by atoms with Crippen LogP contribution in [-0.4, -0.2) is 47.5 Å². The minimum atomic E-state index is -0.779. The molecule has 0 spiro atoms. The van der Waals surface area contributed by atoms with E-state index in [2.05, 4.69) is 17.6 Å². The van der Waals surface area contributed by atoms with E-state index in [-0.39, 0.29) is 24.4 Å². The number of alkyl carbamates (subject to hydrolysis) is 1. The Morgan fingerprint density at radius 2 is 1.68 bits per heavy atom. The fraction of sp³-hybridized carbons (Fsp3) is 0.625. The Bertz CT molecular complexity index is 750. The van der Waals surface area contributed by atoms with E-state index in [0.717, 1.165) is 29.5 Å².